The van der Waals surface area contributed by atoms with Crippen LogP contribution in [0, 0.1) is 18.7 Å². The minimum absolute atomic E-state index is 0.153. The summed E-state index contributed by atoms with van der Waals surface area (Å²) < 4.78 is 14.6. The van der Waals surface area contributed by atoms with Crippen molar-refractivity contribution in [1.29, 1.82) is 0 Å². The van der Waals surface area contributed by atoms with Gasteiger partial charge in [0.15, 0.2) is 17.5 Å². The topological polar surface area (TPSA) is 147 Å². The monoisotopic (exact) mass is 541 g/mol. The van der Waals surface area contributed by atoms with E-state index >= 15 is 0 Å². The molecule has 4 N–H and O–H groups in total. The Morgan fingerprint density at radius 3 is 2.83 bits per heavy atom. The smallest absolute Gasteiger partial charge is 0.223 e. The van der Waals surface area contributed by atoms with E-state index in [1.807, 2.05) is 44.2 Å². The zero-order valence-corrected chi connectivity index (χ0v) is 22.0. The second-order valence-electron chi connectivity index (χ2n) is 10.2. The van der Waals surface area contributed by atoms with Gasteiger partial charge in [0.25, 0.3) is 0 Å². The number of H-pyrrole nitrogens is 1. The van der Waals surface area contributed by atoms with Crippen LogP contribution in [0.5, 0.6) is 0 Å². The fourth-order valence-corrected chi connectivity index (χ4v) is 5.18. The van der Waals surface area contributed by atoms with Gasteiger partial charge in [0.2, 0.25) is 5.91 Å². The number of aromatic nitrogens is 7. The van der Waals surface area contributed by atoms with Gasteiger partial charge in [-0.15, -0.1) is 0 Å². The summed E-state index contributed by atoms with van der Waals surface area (Å²) in [6.45, 7) is 3.78. The number of nitrogens with one attached hydrogen (secondary N) is 3. The molecule has 0 unspecified atom stereocenters. The van der Waals surface area contributed by atoms with Crippen molar-refractivity contribution in [2.45, 2.75) is 44.8 Å². The summed E-state index contributed by atoms with van der Waals surface area (Å²) in [4.78, 5) is 26.8. The van der Waals surface area contributed by atoms with Crippen molar-refractivity contribution in [2.75, 3.05) is 5.32 Å². The lowest BCUT2D eigenvalue weighted by Crippen LogP contribution is -2.33. The highest BCUT2D eigenvalue weighted by Crippen LogP contribution is 2.44. The SMILES string of the molecule is Cc1cc(Nc2cc3cccnc3c([C@@]3(O)CC[C@@H](C(=O)N[C@@H](C)c4ccc(-n5cc(F)cn5)nc4)C3)n2)n[nH]1. The van der Waals surface area contributed by atoms with E-state index in [0.717, 1.165) is 22.8 Å². The molecule has 0 spiro atoms. The highest BCUT2D eigenvalue weighted by Gasteiger charge is 2.44. The number of aliphatic hydroxyl groups is 1. The number of hydrogen-bond donors (Lipinski definition) is 4. The summed E-state index contributed by atoms with van der Waals surface area (Å²) in [5.41, 5.74) is 1.43. The Balaban J connectivity index is 1.18. The number of carbonyl (C=O) groups excluding carboxylic acids is 1. The number of pyridine rings is 3. The Hall–Kier alpha value is -4.71. The highest BCUT2D eigenvalue weighted by atomic mass is 19.1. The molecule has 11 nitrogen and oxygen atoms in total. The molecule has 1 amide bonds. The molecular formula is C28H28FN9O2. The molecule has 1 saturated carbocycles. The normalized spacial score (nSPS) is 19.6. The molecule has 6 rings (SSSR count). The second-order valence-corrected chi connectivity index (χ2v) is 10.2. The largest absolute Gasteiger partial charge is 0.383 e. The van der Waals surface area contributed by atoms with Crippen LogP contribution in [0.15, 0.2) is 61.2 Å². The summed E-state index contributed by atoms with van der Waals surface area (Å²) in [6, 6.07) is 10.7. The van der Waals surface area contributed by atoms with Crippen molar-refractivity contribution in [3.8, 4) is 5.82 Å². The van der Waals surface area contributed by atoms with Crippen LogP contribution >= 0.6 is 0 Å². The van der Waals surface area contributed by atoms with Crippen LogP contribution in [-0.2, 0) is 10.4 Å². The molecule has 40 heavy (non-hydrogen) atoms. The fraction of sp³-hybridized carbons (Fsp3) is 0.286. The first-order valence-electron chi connectivity index (χ1n) is 13.0. The Labute approximate surface area is 228 Å². The predicted molar refractivity (Wildman–Crippen MR) is 145 cm³/mol. The van der Waals surface area contributed by atoms with Crippen LogP contribution in [0.3, 0.4) is 0 Å². The van der Waals surface area contributed by atoms with Gasteiger partial charge in [-0.25, -0.2) is 19.0 Å². The first-order valence-corrected chi connectivity index (χ1v) is 13.0. The van der Waals surface area contributed by atoms with Crippen LogP contribution in [-0.4, -0.2) is 45.9 Å². The molecule has 5 aromatic heterocycles. The average Bonchev–Trinajstić information content (AvgIpc) is 3.68. The van der Waals surface area contributed by atoms with Crippen LogP contribution in [0.2, 0.25) is 0 Å². The van der Waals surface area contributed by atoms with Gasteiger partial charge in [-0.3, -0.25) is 14.9 Å². The molecule has 3 atom stereocenters. The van der Waals surface area contributed by atoms with Gasteiger partial charge in [-0.1, -0.05) is 12.1 Å². The summed E-state index contributed by atoms with van der Waals surface area (Å²) in [5, 5.41) is 29.9. The van der Waals surface area contributed by atoms with Crippen molar-refractivity contribution in [2.24, 2.45) is 5.92 Å². The van der Waals surface area contributed by atoms with Crippen molar-refractivity contribution in [3.63, 3.8) is 0 Å². The Bertz CT molecular complexity index is 1680. The predicted octanol–water partition coefficient (Wildman–Crippen LogP) is 3.99. The Morgan fingerprint density at radius 2 is 2.10 bits per heavy atom. The van der Waals surface area contributed by atoms with Crippen molar-refractivity contribution in [3.05, 3.63) is 84.0 Å². The lowest BCUT2D eigenvalue weighted by atomic mass is 9.93. The minimum atomic E-state index is -1.32. The first-order chi connectivity index (χ1) is 19.3. The molecular weight excluding hydrogens is 513 g/mol. The maximum Gasteiger partial charge on any atom is 0.223 e. The van der Waals surface area contributed by atoms with E-state index in [1.165, 1.54) is 10.9 Å². The Morgan fingerprint density at radius 1 is 1.23 bits per heavy atom. The first kappa shape index (κ1) is 25.6. The zero-order chi connectivity index (χ0) is 27.9. The van der Waals surface area contributed by atoms with Gasteiger partial charge >= 0.3 is 0 Å². The van der Waals surface area contributed by atoms with E-state index in [9.17, 15) is 14.3 Å². The maximum absolute atomic E-state index is 13.3. The van der Waals surface area contributed by atoms with Gasteiger partial charge in [-0.05, 0) is 56.9 Å². The zero-order valence-electron chi connectivity index (χ0n) is 22.0. The van der Waals surface area contributed by atoms with Gasteiger partial charge < -0.3 is 15.7 Å². The van der Waals surface area contributed by atoms with E-state index in [0.29, 0.717) is 41.5 Å². The number of anilines is 2. The molecule has 5 heterocycles. The summed E-state index contributed by atoms with van der Waals surface area (Å²) in [7, 11) is 0. The second kappa shape index (κ2) is 10.1. The number of aryl methyl sites for hydroxylation is 1. The number of rotatable bonds is 7. The molecule has 204 valence electrons. The lowest BCUT2D eigenvalue weighted by molar-refractivity contribution is -0.126. The summed E-state index contributed by atoms with van der Waals surface area (Å²) in [5.74, 6) is 0.615. The average molecular weight is 542 g/mol. The van der Waals surface area contributed by atoms with Crippen LogP contribution in [0.4, 0.5) is 16.0 Å². The maximum atomic E-state index is 13.3. The minimum Gasteiger partial charge on any atom is -0.383 e. The third kappa shape index (κ3) is 5.00. The third-order valence-corrected chi connectivity index (χ3v) is 7.27. The highest BCUT2D eigenvalue weighted by molar-refractivity contribution is 5.85. The molecule has 5 aromatic rings. The van der Waals surface area contributed by atoms with E-state index in [2.05, 4.69) is 35.9 Å². The molecule has 12 heteroatoms. The van der Waals surface area contributed by atoms with Gasteiger partial charge in [-0.2, -0.15) is 10.2 Å². The molecule has 1 aliphatic rings. The Kier molecular flexibility index (Phi) is 6.46. The number of carbonyl (C=O) groups is 1. The van der Waals surface area contributed by atoms with Crippen molar-refractivity contribution >= 4 is 28.4 Å². The number of nitrogens with zero attached hydrogens (tertiary/aromatic N) is 6. The number of aromatic amines is 1. The molecule has 0 aliphatic heterocycles. The summed E-state index contributed by atoms with van der Waals surface area (Å²) >= 11 is 0. The molecule has 1 aliphatic carbocycles. The van der Waals surface area contributed by atoms with E-state index in [-0.39, 0.29) is 18.4 Å². The fourth-order valence-electron chi connectivity index (χ4n) is 5.18. The van der Waals surface area contributed by atoms with Crippen LogP contribution in [0.25, 0.3) is 16.7 Å². The number of halogens is 1. The number of fused-ring (bicyclic) bond motifs is 1. The van der Waals surface area contributed by atoms with E-state index in [4.69, 9.17) is 4.98 Å². The molecule has 0 radical (unpaired) electrons. The number of amides is 1. The molecule has 1 fully saturated rings. The third-order valence-electron chi connectivity index (χ3n) is 7.27. The van der Waals surface area contributed by atoms with Gasteiger partial charge in [0.1, 0.15) is 17.1 Å². The molecule has 0 bridgehead atoms. The molecule has 0 aromatic carbocycles. The molecule has 0 saturated heterocycles. The quantitative estimate of drug-likeness (QED) is 0.242. The summed E-state index contributed by atoms with van der Waals surface area (Å²) in [6.07, 6.45) is 6.75. The van der Waals surface area contributed by atoms with Gasteiger partial charge in [0, 0.05) is 35.5 Å². The lowest BCUT2D eigenvalue weighted by Gasteiger charge is -2.24. The van der Waals surface area contributed by atoms with Crippen molar-refractivity contribution < 1.29 is 14.3 Å². The van der Waals surface area contributed by atoms with Gasteiger partial charge in [0.05, 0.1) is 24.0 Å². The number of hydrogen-bond acceptors (Lipinski definition) is 8. The van der Waals surface area contributed by atoms with E-state index in [1.54, 1.807) is 18.5 Å². The van der Waals surface area contributed by atoms with Crippen molar-refractivity contribution in [1.82, 2.24) is 40.2 Å². The van der Waals surface area contributed by atoms with E-state index < -0.39 is 17.3 Å². The van der Waals surface area contributed by atoms with Crippen LogP contribution in [0.1, 0.15) is 49.2 Å². The standard InChI is InChI=1S/C28H28FN9O2/c1-16-10-23(37-36-16)34-22-11-18-4-3-9-30-25(18)26(35-22)28(40)8-7-19(12-28)27(39)33-17(2)20-5-6-24(31-13-20)38-15-21(29)14-32-38/h3-6,9-11,13-15,17,19,40H,7-8,12H2,1-2H3,(H,33,39)(H2,34,35,36,37)/t17-,19+,28+/m0/s1. The van der Waals surface area contributed by atoms with Crippen LogP contribution < -0.4 is 10.6 Å².